The second-order valence-corrected chi connectivity index (χ2v) is 13.7. The number of pyridine rings is 1. The maximum absolute atomic E-state index is 13.9. The molecule has 226 valence electrons. The van der Waals surface area contributed by atoms with Gasteiger partial charge in [-0.2, -0.15) is 9.40 Å². The number of hydrogen-bond donors (Lipinski definition) is 0. The number of amides is 1. The van der Waals surface area contributed by atoms with Crippen LogP contribution in [0.15, 0.2) is 53.7 Å². The number of piperidine rings is 1. The van der Waals surface area contributed by atoms with Crippen molar-refractivity contribution in [3.05, 3.63) is 54.4 Å². The molecule has 5 rings (SSSR count). The van der Waals surface area contributed by atoms with Crippen molar-refractivity contribution >= 4 is 27.6 Å². The van der Waals surface area contributed by atoms with E-state index in [0.29, 0.717) is 37.3 Å². The topological polar surface area (TPSA) is 114 Å². The van der Waals surface area contributed by atoms with Crippen LogP contribution in [-0.2, 0) is 30.7 Å². The van der Waals surface area contributed by atoms with Crippen LogP contribution in [0.3, 0.4) is 0 Å². The molecule has 1 aromatic carbocycles. The molecule has 11 nitrogen and oxygen atoms in total. The number of benzene rings is 1. The lowest BCUT2D eigenvalue weighted by Gasteiger charge is -2.42. The largest absolute Gasteiger partial charge is 0.469 e. The molecular weight excluding hydrogens is 558 g/mol. The van der Waals surface area contributed by atoms with Gasteiger partial charge in [-0.05, 0) is 57.4 Å². The zero-order valence-corrected chi connectivity index (χ0v) is 25.5. The van der Waals surface area contributed by atoms with Gasteiger partial charge < -0.3 is 14.4 Å². The number of hydrogen-bond acceptors (Lipinski definition) is 8. The fraction of sp³-hybridized carbons (Fsp3) is 0.500. The normalized spacial score (nSPS) is 17.9. The lowest BCUT2D eigenvalue weighted by molar-refractivity contribution is -0.139. The van der Waals surface area contributed by atoms with Crippen LogP contribution >= 0.6 is 0 Å². The van der Waals surface area contributed by atoms with Crippen LogP contribution in [0.1, 0.15) is 39.2 Å². The van der Waals surface area contributed by atoms with E-state index >= 15 is 0 Å². The Morgan fingerprint density at radius 3 is 2.36 bits per heavy atom. The first-order valence-corrected chi connectivity index (χ1v) is 15.7. The molecule has 2 aliphatic heterocycles. The Bertz CT molecular complexity index is 1550. The second kappa shape index (κ2) is 12.0. The second-order valence-electron chi connectivity index (χ2n) is 11.8. The average Bonchev–Trinajstić information content (AvgIpc) is 3.38. The smallest absolute Gasteiger partial charge is 0.410 e. The van der Waals surface area contributed by atoms with E-state index < -0.39 is 15.6 Å². The van der Waals surface area contributed by atoms with E-state index in [4.69, 9.17) is 9.47 Å². The Morgan fingerprint density at radius 1 is 1.00 bits per heavy atom. The summed E-state index contributed by atoms with van der Waals surface area (Å²) in [4.78, 5) is 28.7. The monoisotopic (exact) mass is 597 g/mol. The zero-order chi connectivity index (χ0) is 30.1. The van der Waals surface area contributed by atoms with E-state index in [0.717, 1.165) is 37.0 Å². The molecule has 1 amide bonds. The molecule has 0 saturated carbocycles. The molecular formula is C30H39N5O6S. The first-order valence-electron chi connectivity index (χ1n) is 14.3. The number of carbonyl (C=O) groups is 2. The van der Waals surface area contributed by atoms with Crippen LogP contribution in [0.5, 0.6) is 0 Å². The van der Waals surface area contributed by atoms with Crippen LogP contribution < -0.4 is 0 Å². The lowest BCUT2D eigenvalue weighted by Crippen LogP contribution is -2.55. The summed E-state index contributed by atoms with van der Waals surface area (Å²) in [6.45, 7) is 9.14. The molecule has 3 aromatic rings. The van der Waals surface area contributed by atoms with E-state index in [9.17, 15) is 18.0 Å². The molecule has 4 heterocycles. The zero-order valence-electron chi connectivity index (χ0n) is 24.7. The van der Waals surface area contributed by atoms with Gasteiger partial charge in [0.25, 0.3) is 0 Å². The van der Waals surface area contributed by atoms with E-state index in [-0.39, 0.29) is 29.4 Å². The minimum Gasteiger partial charge on any atom is -0.469 e. The molecule has 0 atom stereocenters. The average molecular weight is 598 g/mol. The predicted octanol–water partition coefficient (Wildman–Crippen LogP) is 3.42. The van der Waals surface area contributed by atoms with Crippen LogP contribution in [-0.4, -0.2) is 102 Å². The number of nitrogens with zero attached hydrogens (tertiary/aromatic N) is 5. The van der Waals surface area contributed by atoms with E-state index in [1.54, 1.807) is 38.2 Å². The van der Waals surface area contributed by atoms with Gasteiger partial charge in [0, 0.05) is 62.6 Å². The highest BCUT2D eigenvalue weighted by Crippen LogP contribution is 2.32. The van der Waals surface area contributed by atoms with Gasteiger partial charge in [0.05, 0.1) is 30.1 Å². The SMILES string of the molecule is COC(=O)Cc1cnn2ccc(-c3ccccc3S(=O)(=O)N3CCC(N4CCN(C(=O)OC(C)(C)C)CC4)CC3)cc12. The molecule has 2 fully saturated rings. The third kappa shape index (κ3) is 6.45. The summed E-state index contributed by atoms with van der Waals surface area (Å²) in [6.07, 6.45) is 4.64. The van der Waals surface area contributed by atoms with Gasteiger partial charge in [0.15, 0.2) is 0 Å². The predicted molar refractivity (Wildman–Crippen MR) is 158 cm³/mol. The highest BCUT2D eigenvalue weighted by atomic mass is 32.2. The molecule has 0 radical (unpaired) electrons. The van der Waals surface area contributed by atoms with Gasteiger partial charge in [0.2, 0.25) is 10.0 Å². The van der Waals surface area contributed by atoms with Crippen LogP contribution in [0.4, 0.5) is 4.79 Å². The number of fused-ring (bicyclic) bond motifs is 1. The van der Waals surface area contributed by atoms with Crippen molar-refractivity contribution in [3.8, 4) is 11.1 Å². The summed E-state index contributed by atoms with van der Waals surface area (Å²) >= 11 is 0. The molecule has 0 N–H and O–H groups in total. The number of carbonyl (C=O) groups excluding carboxylic acids is 2. The number of methoxy groups -OCH3 is 1. The van der Waals surface area contributed by atoms with Gasteiger partial charge in [-0.3, -0.25) is 9.69 Å². The lowest BCUT2D eigenvalue weighted by atomic mass is 10.0. The molecule has 0 aliphatic carbocycles. The Kier molecular flexibility index (Phi) is 8.58. The third-order valence-corrected chi connectivity index (χ3v) is 9.84. The molecule has 2 aromatic heterocycles. The first-order chi connectivity index (χ1) is 20.0. The summed E-state index contributed by atoms with van der Waals surface area (Å²) < 4.78 is 41.4. The van der Waals surface area contributed by atoms with Gasteiger partial charge in [0.1, 0.15) is 5.60 Å². The fourth-order valence-electron chi connectivity index (χ4n) is 5.68. The van der Waals surface area contributed by atoms with E-state index in [1.807, 2.05) is 45.0 Å². The van der Waals surface area contributed by atoms with E-state index in [1.165, 1.54) is 7.11 Å². The highest BCUT2D eigenvalue weighted by Gasteiger charge is 2.35. The molecule has 2 aliphatic rings. The minimum absolute atomic E-state index is 0.0778. The van der Waals surface area contributed by atoms with Crippen LogP contribution in [0, 0.1) is 0 Å². The van der Waals surface area contributed by atoms with Crippen molar-refractivity contribution < 1.29 is 27.5 Å². The van der Waals surface area contributed by atoms with Crippen molar-refractivity contribution in [1.29, 1.82) is 0 Å². The first kappa shape index (κ1) is 30.0. The summed E-state index contributed by atoms with van der Waals surface area (Å²) in [5, 5.41) is 4.31. The number of piperazine rings is 1. The Morgan fingerprint density at radius 2 is 1.69 bits per heavy atom. The molecule has 12 heteroatoms. The quantitative estimate of drug-likeness (QED) is 0.397. The molecule has 0 unspecified atom stereocenters. The number of rotatable bonds is 6. The molecule has 0 bridgehead atoms. The number of sulfonamides is 1. The van der Waals surface area contributed by atoms with Crippen molar-refractivity contribution in [2.24, 2.45) is 0 Å². The van der Waals surface area contributed by atoms with Crippen molar-refractivity contribution in [3.63, 3.8) is 0 Å². The molecule has 42 heavy (non-hydrogen) atoms. The van der Waals surface area contributed by atoms with Crippen molar-refractivity contribution in [2.45, 2.75) is 56.6 Å². The highest BCUT2D eigenvalue weighted by molar-refractivity contribution is 7.89. The number of esters is 1. The van der Waals surface area contributed by atoms with Crippen molar-refractivity contribution in [2.75, 3.05) is 46.4 Å². The van der Waals surface area contributed by atoms with Gasteiger partial charge in [-0.25, -0.2) is 17.7 Å². The fourth-order valence-corrected chi connectivity index (χ4v) is 7.36. The van der Waals surface area contributed by atoms with Gasteiger partial charge in [-0.1, -0.05) is 18.2 Å². The van der Waals surface area contributed by atoms with Crippen LogP contribution in [0.25, 0.3) is 16.6 Å². The molecule has 2 saturated heterocycles. The Labute approximate surface area is 247 Å². The van der Waals surface area contributed by atoms with Crippen molar-refractivity contribution in [1.82, 2.24) is 23.7 Å². The maximum atomic E-state index is 13.9. The summed E-state index contributed by atoms with van der Waals surface area (Å²) in [7, 11) is -2.41. The number of aromatic nitrogens is 2. The standard InChI is InChI=1S/C30H39N5O6S/c1-30(2,3)41-29(37)33-17-15-32(16-18-33)24-10-12-34(13-11-24)42(38,39)27-8-6-5-7-25(27)22-9-14-35-26(19-22)23(21-31-35)20-28(36)40-4/h5-9,14,19,21,24H,10-13,15-18,20H2,1-4H3. The van der Waals surface area contributed by atoms with Gasteiger partial charge in [-0.15, -0.1) is 0 Å². The third-order valence-electron chi connectivity index (χ3n) is 7.89. The van der Waals surface area contributed by atoms with Gasteiger partial charge >= 0.3 is 12.1 Å². The summed E-state index contributed by atoms with van der Waals surface area (Å²) in [5.74, 6) is -0.369. The maximum Gasteiger partial charge on any atom is 0.410 e. The Hall–Kier alpha value is -3.48. The Balaban J connectivity index is 1.27. The molecule has 0 spiro atoms. The summed E-state index contributed by atoms with van der Waals surface area (Å²) in [5.41, 5.74) is 2.23. The van der Waals surface area contributed by atoms with E-state index in [2.05, 4.69) is 10.00 Å². The van der Waals surface area contributed by atoms with Crippen LogP contribution in [0.2, 0.25) is 0 Å². The summed E-state index contributed by atoms with van der Waals surface area (Å²) in [6, 6.07) is 11.0. The minimum atomic E-state index is -3.76. The number of ether oxygens (including phenoxy) is 2.